The molecule has 0 unspecified atom stereocenters. The lowest BCUT2D eigenvalue weighted by Crippen LogP contribution is -2.43. The van der Waals surface area contributed by atoms with E-state index in [-0.39, 0.29) is 11.9 Å². The van der Waals surface area contributed by atoms with Crippen LogP contribution in [0.2, 0.25) is 0 Å². The molecule has 1 aliphatic rings. The van der Waals surface area contributed by atoms with E-state index in [9.17, 15) is 4.79 Å². The largest absolute Gasteiger partial charge is 0.497 e. The summed E-state index contributed by atoms with van der Waals surface area (Å²) in [5, 5.41) is 7.79. The number of amides is 1. The molecule has 29 heavy (non-hydrogen) atoms. The zero-order valence-electron chi connectivity index (χ0n) is 16.2. The second-order valence-electron chi connectivity index (χ2n) is 6.66. The smallest absolute Gasteiger partial charge is 0.270 e. The monoisotopic (exact) mass is 429 g/mol. The van der Waals surface area contributed by atoms with Gasteiger partial charge in [0, 0.05) is 25.0 Å². The highest BCUT2D eigenvalue weighted by atomic mass is 32.1. The molecule has 1 amide bonds. The molecule has 1 saturated heterocycles. The van der Waals surface area contributed by atoms with Gasteiger partial charge >= 0.3 is 0 Å². The van der Waals surface area contributed by atoms with Crippen LogP contribution in [0.25, 0.3) is 9.88 Å². The number of carbonyl (C=O) groups is 1. The van der Waals surface area contributed by atoms with Gasteiger partial charge in [0.1, 0.15) is 16.5 Å². The zero-order valence-corrected chi connectivity index (χ0v) is 17.8. The molecular formula is C21H23N3O3S2. The van der Waals surface area contributed by atoms with Crippen molar-refractivity contribution in [3.63, 3.8) is 0 Å². The van der Waals surface area contributed by atoms with Crippen molar-refractivity contribution in [3.05, 3.63) is 58.4 Å². The van der Waals surface area contributed by atoms with Gasteiger partial charge in [0.05, 0.1) is 31.2 Å². The van der Waals surface area contributed by atoms with Crippen LogP contribution < -0.4 is 10.1 Å². The van der Waals surface area contributed by atoms with Crippen LogP contribution >= 0.6 is 22.7 Å². The van der Waals surface area contributed by atoms with Crippen molar-refractivity contribution in [2.24, 2.45) is 0 Å². The second kappa shape index (κ2) is 9.49. The predicted octanol–water partition coefficient (Wildman–Crippen LogP) is 3.68. The Labute approximate surface area is 178 Å². The minimum atomic E-state index is -0.143. The molecule has 3 heterocycles. The molecule has 6 nitrogen and oxygen atoms in total. The van der Waals surface area contributed by atoms with Gasteiger partial charge < -0.3 is 14.8 Å². The minimum absolute atomic E-state index is 0.0733. The summed E-state index contributed by atoms with van der Waals surface area (Å²) in [6.07, 6.45) is 0. The molecule has 1 aromatic carbocycles. The third-order valence-corrected chi connectivity index (χ3v) is 6.79. The highest BCUT2D eigenvalue weighted by Crippen LogP contribution is 2.28. The second-order valence-corrected chi connectivity index (χ2v) is 8.47. The number of aromatic nitrogens is 1. The summed E-state index contributed by atoms with van der Waals surface area (Å²) in [6.45, 7) is 3.60. The van der Waals surface area contributed by atoms with Crippen molar-refractivity contribution in [2.45, 2.75) is 6.04 Å². The summed E-state index contributed by atoms with van der Waals surface area (Å²) in [4.78, 5) is 20.7. The average molecular weight is 430 g/mol. The Morgan fingerprint density at radius 2 is 2.03 bits per heavy atom. The number of ether oxygens (including phenoxy) is 2. The van der Waals surface area contributed by atoms with E-state index in [0.717, 1.165) is 34.3 Å². The molecule has 4 rings (SSSR count). The fraction of sp³-hybridized carbons (Fsp3) is 0.333. The predicted molar refractivity (Wildman–Crippen MR) is 116 cm³/mol. The van der Waals surface area contributed by atoms with Crippen molar-refractivity contribution in [1.29, 1.82) is 0 Å². The Morgan fingerprint density at radius 1 is 1.24 bits per heavy atom. The number of carbonyl (C=O) groups excluding carboxylic acids is 1. The van der Waals surface area contributed by atoms with Gasteiger partial charge in [0.25, 0.3) is 5.91 Å². The van der Waals surface area contributed by atoms with Gasteiger partial charge in [-0.15, -0.1) is 22.7 Å². The van der Waals surface area contributed by atoms with Crippen LogP contribution in [0.3, 0.4) is 0 Å². The molecule has 3 aromatic rings. The number of hydrogen-bond acceptors (Lipinski definition) is 7. The molecule has 8 heteroatoms. The normalized spacial score (nSPS) is 15.8. The Morgan fingerprint density at radius 3 is 2.72 bits per heavy atom. The van der Waals surface area contributed by atoms with Crippen LogP contribution in [0.5, 0.6) is 5.75 Å². The highest BCUT2D eigenvalue weighted by molar-refractivity contribution is 7.20. The first-order valence-electron chi connectivity index (χ1n) is 9.48. The minimum Gasteiger partial charge on any atom is -0.497 e. The standard InChI is InChI=1S/C21H23N3O3S2/c1-26-16-6-4-15(5-7-16)18(24-8-10-27-11-9-24)13-22-20(25)17-14-29-21(23-17)19-3-2-12-28-19/h2-7,12,14,18H,8-11,13H2,1H3,(H,22,25)/t18-/m1/s1. The molecule has 0 aliphatic carbocycles. The summed E-state index contributed by atoms with van der Waals surface area (Å²) in [6, 6.07) is 12.1. The molecule has 0 spiro atoms. The van der Waals surface area contributed by atoms with Crippen molar-refractivity contribution < 1.29 is 14.3 Å². The van der Waals surface area contributed by atoms with Crippen molar-refractivity contribution in [2.75, 3.05) is 40.0 Å². The topological polar surface area (TPSA) is 63.7 Å². The summed E-state index contributed by atoms with van der Waals surface area (Å²) in [7, 11) is 1.66. The fourth-order valence-corrected chi connectivity index (χ4v) is 4.96. The van der Waals surface area contributed by atoms with Gasteiger partial charge in [0.15, 0.2) is 0 Å². The average Bonchev–Trinajstić information content (AvgIpc) is 3.47. The third kappa shape index (κ3) is 4.84. The van der Waals surface area contributed by atoms with Gasteiger partial charge in [-0.25, -0.2) is 4.98 Å². The highest BCUT2D eigenvalue weighted by Gasteiger charge is 2.24. The Hall–Kier alpha value is -2.26. The Kier molecular flexibility index (Phi) is 6.56. The molecule has 2 aromatic heterocycles. The number of nitrogens with one attached hydrogen (secondary N) is 1. The maximum atomic E-state index is 12.7. The van der Waals surface area contributed by atoms with Gasteiger partial charge in [-0.2, -0.15) is 0 Å². The number of thiophene rings is 1. The molecule has 1 N–H and O–H groups in total. The van der Waals surface area contributed by atoms with E-state index in [1.807, 2.05) is 35.0 Å². The number of morpholine rings is 1. The Balaban J connectivity index is 1.46. The number of benzene rings is 1. The van der Waals surface area contributed by atoms with E-state index in [1.165, 1.54) is 11.3 Å². The van der Waals surface area contributed by atoms with Crippen LogP contribution in [0.1, 0.15) is 22.1 Å². The summed E-state index contributed by atoms with van der Waals surface area (Å²) >= 11 is 3.12. The van der Waals surface area contributed by atoms with E-state index >= 15 is 0 Å². The van der Waals surface area contributed by atoms with Gasteiger partial charge in [-0.1, -0.05) is 18.2 Å². The van der Waals surface area contributed by atoms with Gasteiger partial charge in [-0.3, -0.25) is 9.69 Å². The molecule has 0 bridgehead atoms. The van der Waals surface area contributed by atoms with E-state index in [0.29, 0.717) is 25.5 Å². The number of thiazole rings is 1. The van der Waals surface area contributed by atoms with Crippen LogP contribution in [-0.4, -0.2) is 55.7 Å². The first-order chi connectivity index (χ1) is 14.2. The van der Waals surface area contributed by atoms with Crippen LogP contribution in [-0.2, 0) is 4.74 Å². The zero-order chi connectivity index (χ0) is 20.1. The lowest BCUT2D eigenvalue weighted by molar-refractivity contribution is 0.0162. The lowest BCUT2D eigenvalue weighted by Gasteiger charge is -2.35. The summed E-state index contributed by atoms with van der Waals surface area (Å²) in [5.74, 6) is 0.679. The quantitative estimate of drug-likeness (QED) is 0.621. The number of methoxy groups -OCH3 is 1. The van der Waals surface area contributed by atoms with Crippen LogP contribution in [0.15, 0.2) is 47.2 Å². The maximum absolute atomic E-state index is 12.7. The third-order valence-electron chi connectivity index (χ3n) is 4.91. The molecule has 1 fully saturated rings. The van der Waals surface area contributed by atoms with E-state index < -0.39 is 0 Å². The fourth-order valence-electron chi connectivity index (χ4n) is 3.34. The maximum Gasteiger partial charge on any atom is 0.270 e. The molecule has 152 valence electrons. The first-order valence-corrected chi connectivity index (χ1v) is 11.2. The SMILES string of the molecule is COc1ccc([C@@H](CNC(=O)c2csc(-c3cccs3)n2)N2CCOCC2)cc1. The van der Waals surface area contributed by atoms with Gasteiger partial charge in [0.2, 0.25) is 0 Å². The van der Waals surface area contributed by atoms with E-state index in [1.54, 1.807) is 18.4 Å². The molecular weight excluding hydrogens is 406 g/mol. The Bertz CT molecular complexity index is 919. The number of hydrogen-bond donors (Lipinski definition) is 1. The van der Waals surface area contributed by atoms with Crippen molar-refractivity contribution >= 4 is 28.6 Å². The number of nitrogens with zero attached hydrogens (tertiary/aromatic N) is 2. The molecule has 0 radical (unpaired) electrons. The molecule has 1 atom stereocenters. The lowest BCUT2D eigenvalue weighted by atomic mass is 10.0. The van der Waals surface area contributed by atoms with Crippen LogP contribution in [0.4, 0.5) is 0 Å². The van der Waals surface area contributed by atoms with Gasteiger partial charge in [-0.05, 0) is 29.1 Å². The van der Waals surface area contributed by atoms with Crippen molar-refractivity contribution in [3.8, 4) is 15.6 Å². The first kappa shape index (κ1) is 20.0. The summed E-state index contributed by atoms with van der Waals surface area (Å²) < 4.78 is 10.8. The van der Waals surface area contributed by atoms with E-state index in [4.69, 9.17) is 9.47 Å². The molecule has 1 aliphatic heterocycles. The van der Waals surface area contributed by atoms with Crippen LogP contribution in [0, 0.1) is 0 Å². The van der Waals surface area contributed by atoms with Crippen molar-refractivity contribution in [1.82, 2.24) is 15.2 Å². The number of rotatable bonds is 7. The summed E-state index contributed by atoms with van der Waals surface area (Å²) in [5.41, 5.74) is 1.61. The molecule has 0 saturated carbocycles. The van der Waals surface area contributed by atoms with E-state index in [2.05, 4.69) is 27.3 Å².